The van der Waals surface area contributed by atoms with E-state index in [1.165, 1.54) is 20.3 Å². The first kappa shape index (κ1) is 26.3. The molecule has 1 saturated carbocycles. The number of fused-ring (bicyclic) bond motifs is 2. The Kier molecular flexibility index (Phi) is 8.41. The monoisotopic (exact) mass is 516 g/mol. The molecule has 1 heterocycles. The number of methoxy groups -OCH3 is 2. The van der Waals surface area contributed by atoms with Crippen molar-refractivity contribution < 1.29 is 27.4 Å². The number of amides is 1. The molecule has 1 amide bonds. The van der Waals surface area contributed by atoms with Crippen molar-refractivity contribution in [2.24, 2.45) is 0 Å². The highest BCUT2D eigenvalue weighted by atomic mass is 32.2. The Labute approximate surface area is 214 Å². The lowest BCUT2D eigenvalue weighted by molar-refractivity contribution is 0.0641. The smallest absolute Gasteiger partial charge is 0.257 e. The Bertz CT molecular complexity index is 1170. The van der Waals surface area contributed by atoms with Crippen molar-refractivity contribution in [2.75, 3.05) is 33.9 Å². The average molecular weight is 517 g/mol. The Morgan fingerprint density at radius 2 is 1.72 bits per heavy atom. The third-order valence-electron chi connectivity index (χ3n) is 7.12. The molecule has 2 aromatic carbocycles. The van der Waals surface area contributed by atoms with Crippen LogP contribution in [0.15, 0.2) is 47.4 Å². The van der Waals surface area contributed by atoms with Gasteiger partial charge in [-0.25, -0.2) is 8.42 Å². The zero-order valence-electron chi connectivity index (χ0n) is 21.3. The van der Waals surface area contributed by atoms with Crippen molar-refractivity contribution >= 4 is 15.9 Å². The lowest BCUT2D eigenvalue weighted by atomic mass is 9.92. The van der Waals surface area contributed by atoms with Crippen molar-refractivity contribution in [3.63, 3.8) is 0 Å². The summed E-state index contributed by atoms with van der Waals surface area (Å²) >= 11 is 0. The number of hydrogen-bond acceptors (Lipinski definition) is 6. The largest absolute Gasteiger partial charge is 0.497 e. The molecular formula is C27H36N2O6S. The van der Waals surface area contributed by atoms with Crippen LogP contribution >= 0.6 is 0 Å². The summed E-state index contributed by atoms with van der Waals surface area (Å²) < 4.78 is 47.3. The molecule has 0 radical (unpaired) electrons. The summed E-state index contributed by atoms with van der Waals surface area (Å²) in [6.07, 6.45) is 4.21. The fourth-order valence-electron chi connectivity index (χ4n) is 5.17. The predicted octanol–water partition coefficient (Wildman–Crippen LogP) is 4.34. The topological polar surface area (TPSA) is 85.4 Å². The highest BCUT2D eigenvalue weighted by Crippen LogP contribution is 2.36. The summed E-state index contributed by atoms with van der Waals surface area (Å²) in [5.41, 5.74) is 0.521. The van der Waals surface area contributed by atoms with Gasteiger partial charge in [0.1, 0.15) is 28.2 Å². The van der Waals surface area contributed by atoms with Gasteiger partial charge in [-0.1, -0.05) is 18.6 Å². The van der Waals surface area contributed by atoms with Crippen LogP contribution in [-0.2, 0) is 10.0 Å². The molecule has 0 unspecified atom stereocenters. The summed E-state index contributed by atoms with van der Waals surface area (Å²) in [5, 5.41) is 0. The minimum atomic E-state index is -3.94. The summed E-state index contributed by atoms with van der Waals surface area (Å²) in [4.78, 5) is 15.2. The Hall–Kier alpha value is -2.78. The van der Waals surface area contributed by atoms with Crippen LogP contribution in [0, 0.1) is 0 Å². The number of rotatable bonds is 5. The standard InChI is InChI=1S/C27H36N2O6S/c1-4-28-17-9-10-18-29(36(31,32)26-19-20(33-2)15-16-25(26)34-3)22-12-6-8-14-24(22)35-23-13-7-5-11-21(23)27(28)30/h5,7,11,13,15-16,19,22,24H,4,6,8-10,12,14,17-18H2,1-3H3/t22-,24+/m1/s1. The highest BCUT2D eigenvalue weighted by Gasteiger charge is 2.40. The van der Waals surface area contributed by atoms with Gasteiger partial charge in [-0.05, 0) is 63.3 Å². The minimum absolute atomic E-state index is 0.0494. The van der Waals surface area contributed by atoms with E-state index in [1.807, 2.05) is 25.1 Å². The van der Waals surface area contributed by atoms with Gasteiger partial charge in [0.2, 0.25) is 10.0 Å². The van der Waals surface area contributed by atoms with E-state index in [9.17, 15) is 13.2 Å². The number of ether oxygens (including phenoxy) is 3. The molecule has 0 spiro atoms. The number of hydrogen-bond donors (Lipinski definition) is 0. The lowest BCUT2D eigenvalue weighted by Gasteiger charge is -2.40. The van der Waals surface area contributed by atoms with Crippen LogP contribution in [0.4, 0.5) is 0 Å². The second-order valence-electron chi connectivity index (χ2n) is 9.23. The van der Waals surface area contributed by atoms with Gasteiger partial charge in [0.15, 0.2) is 0 Å². The van der Waals surface area contributed by atoms with Crippen LogP contribution in [0.3, 0.4) is 0 Å². The van der Waals surface area contributed by atoms with Gasteiger partial charge in [-0.15, -0.1) is 0 Å². The minimum Gasteiger partial charge on any atom is -0.497 e. The van der Waals surface area contributed by atoms with E-state index in [4.69, 9.17) is 14.2 Å². The zero-order valence-corrected chi connectivity index (χ0v) is 22.1. The second-order valence-corrected chi connectivity index (χ2v) is 11.1. The predicted molar refractivity (Wildman–Crippen MR) is 137 cm³/mol. The molecule has 0 saturated heterocycles. The molecule has 4 rings (SSSR count). The van der Waals surface area contributed by atoms with Crippen LogP contribution in [0.1, 0.15) is 55.8 Å². The third-order valence-corrected chi connectivity index (χ3v) is 9.06. The molecule has 0 N–H and O–H groups in total. The van der Waals surface area contributed by atoms with Crippen LogP contribution in [0.5, 0.6) is 17.2 Å². The molecule has 2 atom stereocenters. The molecule has 2 aromatic rings. The first-order valence-electron chi connectivity index (χ1n) is 12.7. The fraction of sp³-hybridized carbons (Fsp3) is 0.519. The van der Waals surface area contributed by atoms with Gasteiger partial charge in [-0.3, -0.25) is 4.79 Å². The van der Waals surface area contributed by atoms with Gasteiger partial charge in [0, 0.05) is 25.7 Å². The maximum Gasteiger partial charge on any atom is 0.257 e. The van der Waals surface area contributed by atoms with E-state index < -0.39 is 10.0 Å². The Morgan fingerprint density at radius 3 is 2.47 bits per heavy atom. The number of carbonyl (C=O) groups is 1. The molecule has 8 nitrogen and oxygen atoms in total. The average Bonchev–Trinajstić information content (AvgIpc) is 2.90. The van der Waals surface area contributed by atoms with Gasteiger partial charge in [0.05, 0.1) is 25.8 Å². The van der Waals surface area contributed by atoms with Crippen molar-refractivity contribution in [3.8, 4) is 17.2 Å². The van der Waals surface area contributed by atoms with Crippen molar-refractivity contribution in [1.82, 2.24) is 9.21 Å². The van der Waals surface area contributed by atoms with Crippen LogP contribution in [0.25, 0.3) is 0 Å². The van der Waals surface area contributed by atoms with E-state index in [0.717, 1.165) is 12.8 Å². The molecule has 1 aliphatic heterocycles. The Morgan fingerprint density at radius 1 is 0.972 bits per heavy atom. The van der Waals surface area contributed by atoms with E-state index >= 15 is 0 Å². The van der Waals surface area contributed by atoms with Gasteiger partial charge < -0.3 is 19.1 Å². The number of carbonyl (C=O) groups excluding carboxylic acids is 1. The second kappa shape index (κ2) is 11.5. The van der Waals surface area contributed by atoms with Crippen molar-refractivity contribution in [2.45, 2.75) is 62.5 Å². The number of para-hydroxylation sites is 1. The quantitative estimate of drug-likeness (QED) is 0.588. The molecular weight excluding hydrogens is 480 g/mol. The summed E-state index contributed by atoms with van der Waals surface area (Å²) in [5.74, 6) is 1.19. The van der Waals surface area contributed by atoms with Crippen LogP contribution in [-0.4, -0.2) is 69.5 Å². The van der Waals surface area contributed by atoms with E-state index in [-0.39, 0.29) is 28.7 Å². The third kappa shape index (κ3) is 5.32. The normalized spacial score (nSPS) is 21.9. The zero-order chi connectivity index (χ0) is 25.7. The first-order valence-corrected chi connectivity index (χ1v) is 14.1. The molecule has 36 heavy (non-hydrogen) atoms. The number of nitrogens with zero attached hydrogens (tertiary/aromatic N) is 2. The molecule has 196 valence electrons. The molecule has 9 heteroatoms. The summed E-state index contributed by atoms with van der Waals surface area (Å²) in [6.45, 7) is 3.41. The van der Waals surface area contributed by atoms with E-state index in [0.29, 0.717) is 62.4 Å². The van der Waals surface area contributed by atoms with E-state index in [2.05, 4.69) is 0 Å². The summed E-state index contributed by atoms with van der Waals surface area (Å²) in [6, 6.07) is 11.8. The maximum absolute atomic E-state index is 14.2. The van der Waals surface area contributed by atoms with Gasteiger partial charge >= 0.3 is 0 Å². The molecule has 0 bridgehead atoms. The SMILES string of the molecule is CCN1CCCCN(S(=O)(=O)c2cc(OC)ccc2OC)[C@@H]2CCCC[C@@H]2Oc2ccccc2C1=O. The molecule has 1 fully saturated rings. The summed E-state index contributed by atoms with van der Waals surface area (Å²) in [7, 11) is -0.955. The van der Waals surface area contributed by atoms with Crippen LogP contribution < -0.4 is 14.2 Å². The molecule has 0 aromatic heterocycles. The van der Waals surface area contributed by atoms with Gasteiger partial charge in [-0.2, -0.15) is 4.31 Å². The Balaban J connectivity index is 1.78. The fourth-order valence-corrected chi connectivity index (χ4v) is 7.06. The first-order chi connectivity index (χ1) is 17.4. The molecule has 2 aliphatic rings. The molecule has 1 aliphatic carbocycles. The van der Waals surface area contributed by atoms with Crippen molar-refractivity contribution in [1.29, 1.82) is 0 Å². The van der Waals surface area contributed by atoms with Crippen LogP contribution in [0.2, 0.25) is 0 Å². The maximum atomic E-state index is 14.2. The van der Waals surface area contributed by atoms with E-state index in [1.54, 1.807) is 27.4 Å². The number of benzene rings is 2. The number of sulfonamides is 1. The van der Waals surface area contributed by atoms with Gasteiger partial charge in [0.25, 0.3) is 5.91 Å². The van der Waals surface area contributed by atoms with Crippen molar-refractivity contribution in [3.05, 3.63) is 48.0 Å². The lowest BCUT2D eigenvalue weighted by Crippen LogP contribution is -2.51. The highest BCUT2D eigenvalue weighted by molar-refractivity contribution is 7.89.